The Balaban J connectivity index is 2.04. The normalized spacial score (nSPS) is 14.6. The van der Waals surface area contributed by atoms with Gasteiger partial charge in [0.25, 0.3) is 8.32 Å². The number of pyridine rings is 1. The van der Waals surface area contributed by atoms with Gasteiger partial charge in [-0.3, -0.25) is 4.98 Å². The molecule has 2 heterocycles. The van der Waals surface area contributed by atoms with Crippen LogP contribution in [0.4, 0.5) is 0 Å². The number of rotatable bonds is 1. The van der Waals surface area contributed by atoms with Crippen molar-refractivity contribution in [2.75, 3.05) is 0 Å². The smallest absolute Gasteiger partial charge is 0.278 e. The van der Waals surface area contributed by atoms with Gasteiger partial charge in [-0.25, -0.2) is 0 Å². The predicted molar refractivity (Wildman–Crippen MR) is 92.9 cm³/mol. The van der Waals surface area contributed by atoms with Gasteiger partial charge >= 0.3 is 0 Å². The van der Waals surface area contributed by atoms with Gasteiger partial charge in [0.15, 0.2) is 0 Å². The second-order valence-corrected chi connectivity index (χ2v) is 9.78. The van der Waals surface area contributed by atoms with Gasteiger partial charge in [0.05, 0.1) is 5.69 Å². The average Bonchev–Trinajstić information content (AvgIpc) is 2.55. The Morgan fingerprint density at radius 1 is 0.773 bits per heavy atom. The average molecular weight is 303 g/mol. The van der Waals surface area contributed by atoms with Crippen LogP contribution in [0.15, 0.2) is 66.9 Å². The Labute approximate surface area is 131 Å². The van der Waals surface area contributed by atoms with Crippen LogP contribution in [0.1, 0.15) is 0 Å². The van der Waals surface area contributed by atoms with Crippen molar-refractivity contribution < 1.29 is 4.43 Å². The molecule has 0 spiro atoms. The molecule has 2 nitrogen and oxygen atoms in total. The Hall–Kier alpha value is -2.39. The zero-order chi connectivity index (χ0) is 15.2. The van der Waals surface area contributed by atoms with Crippen LogP contribution in [0.3, 0.4) is 0 Å². The Kier molecular flexibility index (Phi) is 2.91. The molecule has 108 valence electrons. The first-order valence-electron chi connectivity index (χ1n) is 7.50. The van der Waals surface area contributed by atoms with Crippen molar-refractivity contribution in [2.45, 2.75) is 13.1 Å². The summed E-state index contributed by atoms with van der Waals surface area (Å²) in [5, 5.41) is 1.34. The molecule has 0 N–H and O–H groups in total. The quantitative estimate of drug-likeness (QED) is 0.628. The molecule has 0 unspecified atom stereocenters. The van der Waals surface area contributed by atoms with Gasteiger partial charge in [0.1, 0.15) is 5.75 Å². The van der Waals surface area contributed by atoms with Gasteiger partial charge in [-0.05, 0) is 42.0 Å². The number of benzene rings is 2. The van der Waals surface area contributed by atoms with Gasteiger partial charge in [0.2, 0.25) is 0 Å². The molecule has 0 bridgehead atoms. The summed E-state index contributed by atoms with van der Waals surface area (Å²) in [6, 6.07) is 20.9. The van der Waals surface area contributed by atoms with Crippen molar-refractivity contribution >= 4 is 13.5 Å². The van der Waals surface area contributed by atoms with E-state index in [2.05, 4.69) is 60.5 Å². The molecule has 1 aliphatic rings. The van der Waals surface area contributed by atoms with Crippen LogP contribution >= 0.6 is 0 Å². The summed E-state index contributed by atoms with van der Waals surface area (Å²) in [5.41, 5.74) is 4.69. The molecule has 4 rings (SSSR count). The number of hydrogen-bond acceptors (Lipinski definition) is 2. The minimum atomic E-state index is -2.03. The van der Waals surface area contributed by atoms with E-state index in [-0.39, 0.29) is 0 Å². The lowest BCUT2D eigenvalue weighted by molar-refractivity contribution is 0.563. The molecule has 0 amide bonds. The SMILES string of the molecule is C[Si]1(C)Oc2ccccc2-c2cccc(-c3ccccn3)c21. The van der Waals surface area contributed by atoms with Crippen LogP contribution < -0.4 is 9.61 Å². The largest absolute Gasteiger partial charge is 0.539 e. The van der Waals surface area contributed by atoms with Gasteiger partial charge in [-0.2, -0.15) is 0 Å². The zero-order valence-corrected chi connectivity index (χ0v) is 13.7. The van der Waals surface area contributed by atoms with Gasteiger partial charge in [-0.1, -0.05) is 42.5 Å². The van der Waals surface area contributed by atoms with Crippen LogP contribution in [0.5, 0.6) is 5.75 Å². The molecule has 22 heavy (non-hydrogen) atoms. The predicted octanol–water partition coefficient (Wildman–Crippen LogP) is 4.22. The topological polar surface area (TPSA) is 22.1 Å². The number of fused-ring (bicyclic) bond motifs is 3. The van der Waals surface area contributed by atoms with Crippen LogP contribution in [-0.4, -0.2) is 13.3 Å². The molecule has 0 radical (unpaired) electrons. The third-order valence-corrected chi connectivity index (χ3v) is 6.62. The molecule has 0 saturated carbocycles. The number of para-hydroxylation sites is 1. The van der Waals surface area contributed by atoms with Gasteiger partial charge in [-0.15, -0.1) is 0 Å². The second-order valence-electron chi connectivity index (χ2n) is 6.05. The molecular weight excluding hydrogens is 286 g/mol. The lowest BCUT2D eigenvalue weighted by Crippen LogP contribution is -2.51. The van der Waals surface area contributed by atoms with Crippen LogP contribution in [0.25, 0.3) is 22.4 Å². The van der Waals surface area contributed by atoms with Crippen LogP contribution in [0.2, 0.25) is 13.1 Å². The van der Waals surface area contributed by atoms with E-state index in [0.29, 0.717) is 0 Å². The van der Waals surface area contributed by atoms with E-state index in [4.69, 9.17) is 4.43 Å². The Bertz CT molecular complexity index is 829. The maximum atomic E-state index is 6.42. The maximum absolute atomic E-state index is 6.42. The summed E-state index contributed by atoms with van der Waals surface area (Å²) in [7, 11) is -2.03. The Morgan fingerprint density at radius 2 is 1.50 bits per heavy atom. The summed E-state index contributed by atoms with van der Waals surface area (Å²) >= 11 is 0. The van der Waals surface area contributed by atoms with Crippen molar-refractivity contribution in [3.8, 4) is 28.1 Å². The summed E-state index contributed by atoms with van der Waals surface area (Å²) < 4.78 is 6.42. The molecule has 1 aliphatic heterocycles. The standard InChI is InChI=1S/C19H17NOSi/c1-22(2)19-15(14-8-3-4-12-18(14)21-22)9-7-10-16(19)17-11-5-6-13-20-17/h3-13H,1-2H3. The summed E-state index contributed by atoms with van der Waals surface area (Å²) in [6.45, 7) is 4.52. The number of hydrogen-bond donors (Lipinski definition) is 0. The third-order valence-electron chi connectivity index (χ3n) is 4.15. The third kappa shape index (κ3) is 1.97. The number of aromatic nitrogens is 1. The molecule has 0 saturated heterocycles. The summed E-state index contributed by atoms with van der Waals surface area (Å²) in [5.74, 6) is 1.00. The number of nitrogens with zero attached hydrogens (tertiary/aromatic N) is 1. The molecule has 0 atom stereocenters. The molecular formula is C19H17NOSi. The zero-order valence-electron chi connectivity index (χ0n) is 12.7. The minimum absolute atomic E-state index is 1.00. The highest BCUT2D eigenvalue weighted by Gasteiger charge is 2.37. The molecule has 3 heteroatoms. The van der Waals surface area contributed by atoms with Crippen LogP contribution in [-0.2, 0) is 0 Å². The van der Waals surface area contributed by atoms with Crippen molar-refractivity contribution in [3.05, 3.63) is 66.9 Å². The van der Waals surface area contributed by atoms with E-state index in [1.54, 1.807) is 0 Å². The summed E-state index contributed by atoms with van der Waals surface area (Å²) in [4.78, 5) is 4.55. The Morgan fingerprint density at radius 3 is 2.32 bits per heavy atom. The van der Waals surface area contributed by atoms with Crippen molar-refractivity contribution in [1.29, 1.82) is 0 Å². The first kappa shape index (κ1) is 13.3. The van der Waals surface area contributed by atoms with Crippen LogP contribution in [0, 0.1) is 0 Å². The lowest BCUT2D eigenvalue weighted by atomic mass is 10.00. The monoisotopic (exact) mass is 303 g/mol. The highest BCUT2D eigenvalue weighted by Crippen LogP contribution is 2.38. The molecule has 1 aromatic heterocycles. The van der Waals surface area contributed by atoms with E-state index in [0.717, 1.165) is 11.4 Å². The first-order valence-corrected chi connectivity index (χ1v) is 10.4. The van der Waals surface area contributed by atoms with Crippen molar-refractivity contribution in [3.63, 3.8) is 0 Å². The fourth-order valence-corrected chi connectivity index (χ4v) is 5.82. The van der Waals surface area contributed by atoms with Gasteiger partial charge < -0.3 is 4.43 Å². The minimum Gasteiger partial charge on any atom is -0.539 e. The fourth-order valence-electron chi connectivity index (χ4n) is 3.27. The van der Waals surface area contributed by atoms with E-state index < -0.39 is 8.32 Å². The molecule has 3 aromatic rings. The summed E-state index contributed by atoms with van der Waals surface area (Å²) in [6.07, 6.45) is 1.85. The van der Waals surface area contributed by atoms with Crippen molar-refractivity contribution in [2.24, 2.45) is 0 Å². The second kappa shape index (κ2) is 4.82. The molecule has 0 fully saturated rings. The molecule has 2 aromatic carbocycles. The van der Waals surface area contributed by atoms with E-state index >= 15 is 0 Å². The fraction of sp³-hybridized carbons (Fsp3) is 0.105. The highest BCUT2D eigenvalue weighted by molar-refractivity contribution is 6.87. The van der Waals surface area contributed by atoms with Crippen molar-refractivity contribution in [1.82, 2.24) is 4.98 Å². The lowest BCUT2D eigenvalue weighted by Gasteiger charge is -2.34. The highest BCUT2D eigenvalue weighted by atomic mass is 28.4. The van der Waals surface area contributed by atoms with E-state index in [1.807, 2.05) is 24.4 Å². The van der Waals surface area contributed by atoms with Gasteiger partial charge in [0, 0.05) is 17.3 Å². The first-order chi connectivity index (χ1) is 10.7. The molecule has 0 aliphatic carbocycles. The van der Waals surface area contributed by atoms with E-state index in [9.17, 15) is 0 Å². The van der Waals surface area contributed by atoms with E-state index in [1.165, 1.54) is 21.9 Å². The maximum Gasteiger partial charge on any atom is 0.278 e.